The van der Waals surface area contributed by atoms with E-state index in [4.69, 9.17) is 4.84 Å². The lowest BCUT2D eigenvalue weighted by atomic mass is 10.2. The number of thioether (sulfide) groups is 1. The van der Waals surface area contributed by atoms with Crippen molar-refractivity contribution in [1.82, 2.24) is 4.73 Å². The van der Waals surface area contributed by atoms with Crippen molar-refractivity contribution in [3.05, 3.63) is 76.0 Å². The number of rotatable bonds is 6. The highest BCUT2D eigenvalue weighted by atomic mass is 32.2. The molecular formula is C20H17F2NO3S. The van der Waals surface area contributed by atoms with Crippen LogP contribution >= 0.6 is 11.8 Å². The fourth-order valence-electron chi connectivity index (χ4n) is 2.58. The largest absolute Gasteiger partial charge is 0.335 e. The van der Waals surface area contributed by atoms with Gasteiger partial charge in [0.2, 0.25) is 0 Å². The molecule has 0 fully saturated rings. The number of hydrogen-bond donors (Lipinski definition) is 0. The number of aromatic nitrogens is 1. The first kappa shape index (κ1) is 19.1. The number of fused-ring (bicyclic) bond motifs is 1. The van der Waals surface area contributed by atoms with E-state index < -0.39 is 17.6 Å². The molecule has 0 saturated heterocycles. The second-order valence-corrected chi connectivity index (χ2v) is 6.87. The molecule has 0 radical (unpaired) electrons. The van der Waals surface area contributed by atoms with Gasteiger partial charge in [-0.05, 0) is 24.6 Å². The summed E-state index contributed by atoms with van der Waals surface area (Å²) in [4.78, 5) is 29.9. The Bertz CT molecular complexity index is 1050. The zero-order valence-electron chi connectivity index (χ0n) is 14.6. The summed E-state index contributed by atoms with van der Waals surface area (Å²) in [6, 6.07) is 12.0. The molecule has 0 saturated carbocycles. The predicted molar refractivity (Wildman–Crippen MR) is 101 cm³/mol. The average molecular weight is 389 g/mol. The molecule has 0 amide bonds. The lowest BCUT2D eigenvalue weighted by Gasteiger charge is -2.15. The topological polar surface area (TPSA) is 48.3 Å². The minimum atomic E-state index is -0.932. The molecule has 3 rings (SSSR count). The first-order valence-corrected chi connectivity index (χ1v) is 9.41. The Labute approximate surface area is 158 Å². The Morgan fingerprint density at radius 2 is 1.93 bits per heavy atom. The number of nitrogens with zero attached hydrogens (tertiary/aromatic N) is 1. The fraction of sp³-hybridized carbons (Fsp3) is 0.200. The number of halogens is 2. The molecule has 0 aliphatic rings. The van der Waals surface area contributed by atoms with E-state index in [1.807, 2.05) is 6.92 Å². The number of para-hydroxylation sites is 1. The average Bonchev–Trinajstić information content (AvgIpc) is 2.66. The van der Waals surface area contributed by atoms with Crippen LogP contribution in [0.3, 0.4) is 0 Å². The van der Waals surface area contributed by atoms with Crippen molar-refractivity contribution in [3.63, 3.8) is 0 Å². The second kappa shape index (κ2) is 8.35. The molecular weight excluding hydrogens is 372 g/mol. The normalized spacial score (nSPS) is 10.9. The maximum Gasteiger partial charge on any atom is 0.332 e. The maximum absolute atomic E-state index is 13.9. The van der Waals surface area contributed by atoms with Crippen LogP contribution in [0.25, 0.3) is 10.9 Å². The fourth-order valence-corrected chi connectivity index (χ4v) is 3.55. The standard InChI is InChI=1S/C20H17F2NO3S/c1-2-6-19(25)26-23-16-10-4-3-8-14(16)17(24)11-18(23)27-12-13-7-5-9-15(21)20(13)22/h3-5,7-11H,2,6,12H2,1H3. The Morgan fingerprint density at radius 3 is 2.70 bits per heavy atom. The van der Waals surface area contributed by atoms with Gasteiger partial charge in [0.25, 0.3) is 0 Å². The molecule has 0 N–H and O–H groups in total. The second-order valence-electron chi connectivity index (χ2n) is 5.87. The Balaban J connectivity index is 2.01. The van der Waals surface area contributed by atoms with Crippen LogP contribution in [-0.4, -0.2) is 10.7 Å². The van der Waals surface area contributed by atoms with Crippen molar-refractivity contribution in [2.75, 3.05) is 0 Å². The summed E-state index contributed by atoms with van der Waals surface area (Å²) in [6.07, 6.45) is 0.844. The zero-order valence-corrected chi connectivity index (χ0v) is 15.4. The van der Waals surface area contributed by atoms with E-state index in [0.29, 0.717) is 22.3 Å². The third-order valence-electron chi connectivity index (χ3n) is 3.90. The van der Waals surface area contributed by atoms with Crippen LogP contribution in [0.15, 0.2) is 58.4 Å². The SMILES string of the molecule is CCCC(=O)On1c(SCc2cccc(F)c2F)cc(=O)c2ccccc21. The van der Waals surface area contributed by atoms with E-state index in [0.717, 1.165) is 17.8 Å². The van der Waals surface area contributed by atoms with Crippen LogP contribution in [-0.2, 0) is 10.5 Å². The minimum absolute atomic E-state index is 0.0761. The summed E-state index contributed by atoms with van der Waals surface area (Å²) < 4.78 is 28.6. The van der Waals surface area contributed by atoms with Gasteiger partial charge in [-0.15, -0.1) is 0 Å². The lowest BCUT2D eigenvalue weighted by molar-refractivity contribution is -0.144. The summed E-state index contributed by atoms with van der Waals surface area (Å²) in [5.41, 5.74) is 0.360. The summed E-state index contributed by atoms with van der Waals surface area (Å²) in [5.74, 6) is -2.22. The van der Waals surface area contributed by atoms with Gasteiger partial charge < -0.3 is 4.84 Å². The van der Waals surface area contributed by atoms with E-state index in [2.05, 4.69) is 0 Å². The number of carbonyl (C=O) groups excluding carboxylic acids is 1. The van der Waals surface area contributed by atoms with E-state index in [1.165, 1.54) is 22.9 Å². The number of benzene rings is 2. The van der Waals surface area contributed by atoms with Gasteiger partial charge in [0, 0.05) is 29.2 Å². The number of carbonyl (C=O) groups is 1. The summed E-state index contributed by atoms with van der Waals surface area (Å²) in [6.45, 7) is 1.85. The molecule has 1 aromatic heterocycles. The highest BCUT2D eigenvalue weighted by molar-refractivity contribution is 7.98. The van der Waals surface area contributed by atoms with Crippen LogP contribution < -0.4 is 10.3 Å². The van der Waals surface area contributed by atoms with Gasteiger partial charge in [-0.1, -0.05) is 43.0 Å². The third kappa shape index (κ3) is 4.19. The van der Waals surface area contributed by atoms with Crippen molar-refractivity contribution < 1.29 is 18.4 Å². The van der Waals surface area contributed by atoms with Gasteiger partial charge >= 0.3 is 5.97 Å². The van der Waals surface area contributed by atoms with Crippen molar-refractivity contribution in [3.8, 4) is 0 Å². The van der Waals surface area contributed by atoms with Gasteiger partial charge in [-0.3, -0.25) is 4.79 Å². The smallest absolute Gasteiger partial charge is 0.332 e. The number of pyridine rings is 1. The van der Waals surface area contributed by atoms with E-state index >= 15 is 0 Å². The third-order valence-corrected chi connectivity index (χ3v) is 4.93. The van der Waals surface area contributed by atoms with E-state index in [1.54, 1.807) is 24.3 Å². The molecule has 0 atom stereocenters. The van der Waals surface area contributed by atoms with E-state index in [-0.39, 0.29) is 23.2 Å². The lowest BCUT2D eigenvalue weighted by Crippen LogP contribution is -2.23. The van der Waals surface area contributed by atoms with Gasteiger partial charge in [0.15, 0.2) is 17.1 Å². The predicted octanol–water partition coefficient (Wildman–Crippen LogP) is 4.33. The van der Waals surface area contributed by atoms with Crippen LogP contribution in [0.1, 0.15) is 25.3 Å². The summed E-state index contributed by atoms with van der Waals surface area (Å²) >= 11 is 1.09. The van der Waals surface area contributed by atoms with Crippen LogP contribution in [0.5, 0.6) is 0 Å². The van der Waals surface area contributed by atoms with Gasteiger partial charge in [-0.2, -0.15) is 4.73 Å². The van der Waals surface area contributed by atoms with Crippen LogP contribution in [0.2, 0.25) is 0 Å². The molecule has 0 aliphatic carbocycles. The Kier molecular flexibility index (Phi) is 5.91. The minimum Gasteiger partial charge on any atom is -0.335 e. The first-order chi connectivity index (χ1) is 13.0. The molecule has 1 heterocycles. The quantitative estimate of drug-likeness (QED) is 0.589. The van der Waals surface area contributed by atoms with Gasteiger partial charge in [0.05, 0.1) is 5.52 Å². The molecule has 140 valence electrons. The molecule has 27 heavy (non-hydrogen) atoms. The van der Waals surface area contributed by atoms with Crippen LogP contribution in [0, 0.1) is 11.6 Å². The molecule has 0 unspecified atom stereocenters. The molecule has 0 bridgehead atoms. The Morgan fingerprint density at radius 1 is 1.15 bits per heavy atom. The van der Waals surface area contributed by atoms with Crippen molar-refractivity contribution in [2.45, 2.75) is 30.5 Å². The molecule has 7 heteroatoms. The molecule has 2 aromatic carbocycles. The molecule has 3 aromatic rings. The van der Waals surface area contributed by atoms with Gasteiger partial charge in [-0.25, -0.2) is 13.6 Å². The van der Waals surface area contributed by atoms with E-state index in [9.17, 15) is 18.4 Å². The van der Waals surface area contributed by atoms with Crippen molar-refractivity contribution >= 4 is 28.6 Å². The summed E-state index contributed by atoms with van der Waals surface area (Å²) in [5, 5.41) is 0.745. The number of hydrogen-bond acceptors (Lipinski definition) is 4. The summed E-state index contributed by atoms with van der Waals surface area (Å²) in [7, 11) is 0. The highest BCUT2D eigenvalue weighted by Crippen LogP contribution is 2.26. The first-order valence-electron chi connectivity index (χ1n) is 8.43. The van der Waals surface area contributed by atoms with Crippen molar-refractivity contribution in [2.24, 2.45) is 0 Å². The van der Waals surface area contributed by atoms with Crippen LogP contribution in [0.4, 0.5) is 8.78 Å². The molecule has 0 spiro atoms. The Hall–Kier alpha value is -2.67. The maximum atomic E-state index is 13.9. The zero-order chi connectivity index (χ0) is 19.4. The monoisotopic (exact) mass is 389 g/mol. The molecule has 0 aliphatic heterocycles. The highest BCUT2D eigenvalue weighted by Gasteiger charge is 2.15. The van der Waals surface area contributed by atoms with Gasteiger partial charge in [0.1, 0.15) is 5.03 Å². The van der Waals surface area contributed by atoms with Crippen molar-refractivity contribution in [1.29, 1.82) is 0 Å². The molecule has 4 nitrogen and oxygen atoms in total.